The van der Waals surface area contributed by atoms with Gasteiger partial charge in [0.2, 0.25) is 0 Å². The summed E-state index contributed by atoms with van der Waals surface area (Å²) in [5, 5.41) is 8.99. The first-order valence-electron chi connectivity index (χ1n) is 5.95. The molecule has 1 N–H and O–H groups in total. The smallest absolute Gasteiger partial charge is 0.0456 e. The summed E-state index contributed by atoms with van der Waals surface area (Å²) in [6, 6.07) is 0. The Kier molecular flexibility index (Phi) is 4.90. The molecule has 84 valence electrons. The van der Waals surface area contributed by atoms with E-state index in [1.807, 2.05) is 0 Å². The standard InChI is InChI=1S/C12H25NO/c1-10(2)7-13-5-4-12(8-13)6-11(3)9-14/h10-12,14H,4-9H2,1-3H3. The van der Waals surface area contributed by atoms with Crippen LogP contribution in [0.5, 0.6) is 0 Å². The molecule has 0 aromatic rings. The van der Waals surface area contributed by atoms with Crippen LogP contribution < -0.4 is 0 Å². The molecule has 0 radical (unpaired) electrons. The molecule has 0 saturated carbocycles. The lowest BCUT2D eigenvalue weighted by Crippen LogP contribution is -2.25. The van der Waals surface area contributed by atoms with Crippen LogP contribution in [0.15, 0.2) is 0 Å². The second-order valence-electron chi connectivity index (χ2n) is 5.33. The van der Waals surface area contributed by atoms with Gasteiger partial charge in [0.1, 0.15) is 0 Å². The lowest BCUT2D eigenvalue weighted by Gasteiger charge is -2.19. The highest BCUT2D eigenvalue weighted by atomic mass is 16.3. The summed E-state index contributed by atoms with van der Waals surface area (Å²) in [5.74, 6) is 2.10. The number of rotatable bonds is 5. The van der Waals surface area contributed by atoms with E-state index in [4.69, 9.17) is 5.11 Å². The molecule has 0 spiro atoms. The third kappa shape index (κ3) is 3.97. The SMILES string of the molecule is CC(C)CN1CCC(CC(C)CO)C1. The van der Waals surface area contributed by atoms with Gasteiger partial charge in [0, 0.05) is 19.7 Å². The van der Waals surface area contributed by atoms with Crippen molar-refractivity contribution in [3.05, 3.63) is 0 Å². The number of aliphatic hydroxyl groups is 1. The first kappa shape index (κ1) is 12.0. The van der Waals surface area contributed by atoms with E-state index >= 15 is 0 Å². The molecule has 2 heteroatoms. The molecular weight excluding hydrogens is 174 g/mol. The third-order valence-electron chi connectivity index (χ3n) is 3.04. The molecule has 0 aromatic heterocycles. The summed E-state index contributed by atoms with van der Waals surface area (Å²) < 4.78 is 0. The average Bonchev–Trinajstić information content (AvgIpc) is 2.51. The van der Waals surface area contributed by atoms with Crippen LogP contribution in [0, 0.1) is 17.8 Å². The van der Waals surface area contributed by atoms with E-state index in [1.165, 1.54) is 32.5 Å². The maximum Gasteiger partial charge on any atom is 0.0456 e. The maximum atomic E-state index is 8.99. The van der Waals surface area contributed by atoms with Crippen LogP contribution in [0.25, 0.3) is 0 Å². The first-order chi connectivity index (χ1) is 6.61. The Balaban J connectivity index is 2.20. The van der Waals surface area contributed by atoms with Crippen LogP contribution in [0.2, 0.25) is 0 Å². The number of likely N-dealkylation sites (tertiary alicyclic amines) is 1. The van der Waals surface area contributed by atoms with Crippen molar-refractivity contribution in [1.29, 1.82) is 0 Å². The normalized spacial score (nSPS) is 25.9. The molecular formula is C12H25NO. The van der Waals surface area contributed by atoms with Gasteiger partial charge in [-0.25, -0.2) is 0 Å². The van der Waals surface area contributed by atoms with E-state index in [2.05, 4.69) is 25.7 Å². The predicted molar refractivity (Wildman–Crippen MR) is 60.3 cm³/mol. The Bertz CT molecular complexity index is 158. The Morgan fingerprint density at radius 1 is 1.36 bits per heavy atom. The van der Waals surface area contributed by atoms with Crippen molar-refractivity contribution in [2.24, 2.45) is 17.8 Å². The molecule has 2 unspecified atom stereocenters. The van der Waals surface area contributed by atoms with Crippen molar-refractivity contribution < 1.29 is 5.11 Å². The molecule has 0 bridgehead atoms. The molecule has 2 nitrogen and oxygen atoms in total. The molecule has 1 saturated heterocycles. The second-order valence-corrected chi connectivity index (χ2v) is 5.33. The Morgan fingerprint density at radius 3 is 2.64 bits per heavy atom. The van der Waals surface area contributed by atoms with Gasteiger partial charge in [-0.1, -0.05) is 20.8 Å². The van der Waals surface area contributed by atoms with E-state index in [0.717, 1.165) is 11.8 Å². The summed E-state index contributed by atoms with van der Waals surface area (Å²) in [6.45, 7) is 10.8. The molecule has 0 amide bonds. The van der Waals surface area contributed by atoms with E-state index in [9.17, 15) is 0 Å². The fourth-order valence-electron chi connectivity index (χ4n) is 2.43. The summed E-state index contributed by atoms with van der Waals surface area (Å²) in [5.41, 5.74) is 0. The Morgan fingerprint density at radius 2 is 2.07 bits per heavy atom. The molecule has 2 atom stereocenters. The van der Waals surface area contributed by atoms with Gasteiger partial charge < -0.3 is 10.0 Å². The Labute approximate surface area is 88.3 Å². The van der Waals surface area contributed by atoms with Crippen LogP contribution in [-0.4, -0.2) is 36.2 Å². The number of aliphatic hydroxyl groups excluding tert-OH is 1. The molecule has 1 heterocycles. The maximum absolute atomic E-state index is 8.99. The zero-order valence-corrected chi connectivity index (χ0v) is 9.87. The van der Waals surface area contributed by atoms with E-state index in [-0.39, 0.29) is 0 Å². The molecule has 0 aliphatic carbocycles. The minimum atomic E-state index is 0.348. The van der Waals surface area contributed by atoms with Crippen LogP contribution in [0.3, 0.4) is 0 Å². The van der Waals surface area contributed by atoms with Crippen molar-refractivity contribution >= 4 is 0 Å². The number of hydrogen-bond donors (Lipinski definition) is 1. The summed E-state index contributed by atoms with van der Waals surface area (Å²) in [6.07, 6.45) is 2.53. The number of hydrogen-bond acceptors (Lipinski definition) is 2. The summed E-state index contributed by atoms with van der Waals surface area (Å²) >= 11 is 0. The topological polar surface area (TPSA) is 23.5 Å². The predicted octanol–water partition coefficient (Wildman–Crippen LogP) is 1.98. The van der Waals surface area contributed by atoms with Gasteiger partial charge in [-0.05, 0) is 37.1 Å². The van der Waals surface area contributed by atoms with Gasteiger partial charge in [-0.3, -0.25) is 0 Å². The lowest BCUT2D eigenvalue weighted by atomic mass is 9.96. The van der Waals surface area contributed by atoms with E-state index < -0.39 is 0 Å². The zero-order valence-electron chi connectivity index (χ0n) is 9.87. The van der Waals surface area contributed by atoms with Crippen LogP contribution >= 0.6 is 0 Å². The van der Waals surface area contributed by atoms with Crippen molar-refractivity contribution in [1.82, 2.24) is 4.90 Å². The van der Waals surface area contributed by atoms with Gasteiger partial charge >= 0.3 is 0 Å². The largest absolute Gasteiger partial charge is 0.396 e. The van der Waals surface area contributed by atoms with Gasteiger partial charge in [0.25, 0.3) is 0 Å². The van der Waals surface area contributed by atoms with Gasteiger partial charge in [0.05, 0.1) is 0 Å². The third-order valence-corrected chi connectivity index (χ3v) is 3.04. The highest BCUT2D eigenvalue weighted by Gasteiger charge is 2.23. The van der Waals surface area contributed by atoms with Crippen LogP contribution in [0.1, 0.15) is 33.6 Å². The van der Waals surface area contributed by atoms with Crippen molar-refractivity contribution in [2.75, 3.05) is 26.2 Å². The quantitative estimate of drug-likeness (QED) is 0.732. The minimum absolute atomic E-state index is 0.348. The molecule has 1 aliphatic rings. The van der Waals surface area contributed by atoms with Crippen LogP contribution in [0.4, 0.5) is 0 Å². The molecule has 1 aliphatic heterocycles. The van der Waals surface area contributed by atoms with E-state index in [0.29, 0.717) is 12.5 Å². The average molecular weight is 199 g/mol. The number of nitrogens with zero attached hydrogens (tertiary/aromatic N) is 1. The Hall–Kier alpha value is -0.0800. The van der Waals surface area contributed by atoms with Gasteiger partial charge in [-0.15, -0.1) is 0 Å². The highest BCUT2D eigenvalue weighted by molar-refractivity contribution is 4.77. The van der Waals surface area contributed by atoms with Gasteiger partial charge in [0.15, 0.2) is 0 Å². The van der Waals surface area contributed by atoms with Crippen molar-refractivity contribution in [2.45, 2.75) is 33.6 Å². The molecule has 14 heavy (non-hydrogen) atoms. The molecule has 0 aromatic carbocycles. The molecule has 1 fully saturated rings. The summed E-state index contributed by atoms with van der Waals surface area (Å²) in [7, 11) is 0. The zero-order chi connectivity index (χ0) is 10.6. The second kappa shape index (κ2) is 5.72. The van der Waals surface area contributed by atoms with Gasteiger partial charge in [-0.2, -0.15) is 0 Å². The first-order valence-corrected chi connectivity index (χ1v) is 5.95. The fourth-order valence-corrected chi connectivity index (χ4v) is 2.43. The summed E-state index contributed by atoms with van der Waals surface area (Å²) in [4.78, 5) is 2.57. The van der Waals surface area contributed by atoms with Crippen LogP contribution in [-0.2, 0) is 0 Å². The molecule has 1 rings (SSSR count). The van der Waals surface area contributed by atoms with Crippen molar-refractivity contribution in [3.8, 4) is 0 Å². The van der Waals surface area contributed by atoms with Crippen molar-refractivity contribution in [3.63, 3.8) is 0 Å². The fraction of sp³-hybridized carbons (Fsp3) is 1.00. The minimum Gasteiger partial charge on any atom is -0.396 e. The van der Waals surface area contributed by atoms with E-state index in [1.54, 1.807) is 0 Å². The highest BCUT2D eigenvalue weighted by Crippen LogP contribution is 2.23. The monoisotopic (exact) mass is 199 g/mol. The lowest BCUT2D eigenvalue weighted by molar-refractivity contribution is 0.208.